The van der Waals surface area contributed by atoms with E-state index in [9.17, 15) is 18.3 Å². The van der Waals surface area contributed by atoms with E-state index in [1.807, 2.05) is 23.1 Å². The number of fused-ring (bicyclic) bond motifs is 4. The van der Waals surface area contributed by atoms with Crippen molar-refractivity contribution >= 4 is 39.1 Å². The Morgan fingerprint density at radius 3 is 2.63 bits per heavy atom. The summed E-state index contributed by atoms with van der Waals surface area (Å²) in [6.07, 6.45) is -0.483. The number of pyridine rings is 1. The fourth-order valence-corrected chi connectivity index (χ4v) is 6.80. The summed E-state index contributed by atoms with van der Waals surface area (Å²) >= 11 is 6.52. The average molecular weight is 612 g/mol. The Balaban J connectivity index is 1.30. The van der Waals surface area contributed by atoms with Crippen LogP contribution in [0.1, 0.15) is 18.5 Å². The van der Waals surface area contributed by atoms with E-state index in [2.05, 4.69) is 15.0 Å². The van der Waals surface area contributed by atoms with Gasteiger partial charge in [-0.25, -0.2) is 4.39 Å². The molecule has 222 valence electrons. The Hall–Kier alpha value is -3.96. The van der Waals surface area contributed by atoms with Crippen LogP contribution in [0.5, 0.6) is 6.01 Å². The van der Waals surface area contributed by atoms with Crippen LogP contribution in [-0.2, 0) is 12.7 Å². The van der Waals surface area contributed by atoms with Gasteiger partial charge in [0.05, 0.1) is 18.0 Å². The zero-order valence-corrected chi connectivity index (χ0v) is 23.5. The largest absolute Gasteiger partial charge is 0.461 e. The van der Waals surface area contributed by atoms with Gasteiger partial charge in [0.25, 0.3) is 0 Å². The highest BCUT2D eigenvalue weighted by Crippen LogP contribution is 2.41. The van der Waals surface area contributed by atoms with Crippen molar-refractivity contribution in [3.05, 3.63) is 77.5 Å². The van der Waals surface area contributed by atoms with Gasteiger partial charge in [-0.3, -0.25) is 4.98 Å². The van der Waals surface area contributed by atoms with E-state index in [4.69, 9.17) is 16.3 Å². The fraction of sp³-hybridized carbons (Fsp3) is 0.323. The Kier molecular flexibility index (Phi) is 6.89. The number of nitrogens with zero attached hydrogens (tertiary/aromatic N) is 5. The topological polar surface area (TPSA) is 76.3 Å². The molecular formula is C31H26ClF4N5O2. The lowest BCUT2D eigenvalue weighted by atomic mass is 9.98. The highest BCUT2D eigenvalue weighted by molar-refractivity contribution is 6.36. The lowest BCUT2D eigenvalue weighted by molar-refractivity contribution is -0.143. The van der Waals surface area contributed by atoms with Crippen molar-refractivity contribution in [2.45, 2.75) is 31.7 Å². The molecule has 1 saturated heterocycles. The highest BCUT2D eigenvalue weighted by Gasteiger charge is 2.40. The molecule has 4 heterocycles. The normalized spacial score (nSPS) is 20.3. The minimum Gasteiger partial charge on any atom is -0.461 e. The van der Waals surface area contributed by atoms with Crippen LogP contribution >= 0.6 is 11.6 Å². The van der Waals surface area contributed by atoms with Crippen LogP contribution in [-0.4, -0.2) is 50.4 Å². The molecule has 2 aliphatic rings. The molecule has 1 aliphatic carbocycles. The van der Waals surface area contributed by atoms with Crippen molar-refractivity contribution < 1.29 is 27.4 Å². The smallest absolute Gasteiger partial charge is 0.431 e. The number of hydrogen-bond acceptors (Lipinski definition) is 6. The Labute approximate surface area is 248 Å². The summed E-state index contributed by atoms with van der Waals surface area (Å²) in [5.41, 5.74) is -0.270. The molecule has 0 amide bonds. The maximum Gasteiger partial charge on any atom is 0.431 e. The van der Waals surface area contributed by atoms with Gasteiger partial charge in [0.2, 0.25) is 0 Å². The third-order valence-electron chi connectivity index (χ3n) is 8.42. The molecule has 2 bridgehead atoms. The first kappa shape index (κ1) is 27.8. The van der Waals surface area contributed by atoms with E-state index < -0.39 is 23.8 Å². The van der Waals surface area contributed by atoms with Gasteiger partial charge in [-0.05, 0) is 42.3 Å². The zero-order valence-electron chi connectivity index (χ0n) is 22.7. The third-order valence-corrected chi connectivity index (χ3v) is 8.74. The molecule has 1 aliphatic heterocycles. The lowest BCUT2D eigenvalue weighted by Gasteiger charge is -2.33. The van der Waals surface area contributed by atoms with Gasteiger partial charge in [-0.1, -0.05) is 41.9 Å². The van der Waals surface area contributed by atoms with Gasteiger partial charge in [-0.15, -0.1) is 0 Å². The molecule has 7 nitrogen and oxygen atoms in total. The Morgan fingerprint density at radius 1 is 1.02 bits per heavy atom. The van der Waals surface area contributed by atoms with Gasteiger partial charge < -0.3 is 19.3 Å². The van der Waals surface area contributed by atoms with Gasteiger partial charge in [-0.2, -0.15) is 23.1 Å². The third kappa shape index (κ3) is 5.04. The minimum atomic E-state index is -4.51. The van der Waals surface area contributed by atoms with Crippen LogP contribution in [0, 0.1) is 17.7 Å². The van der Waals surface area contributed by atoms with E-state index in [-0.39, 0.29) is 42.2 Å². The fourth-order valence-electron chi connectivity index (χ4n) is 6.51. The van der Waals surface area contributed by atoms with Crippen molar-refractivity contribution in [1.82, 2.24) is 19.5 Å². The monoisotopic (exact) mass is 611 g/mol. The molecule has 7 rings (SSSR count). The van der Waals surface area contributed by atoms with E-state index >= 15 is 4.39 Å². The van der Waals surface area contributed by atoms with Crippen molar-refractivity contribution in [3.63, 3.8) is 0 Å². The van der Waals surface area contributed by atoms with Crippen LogP contribution in [0.3, 0.4) is 0 Å². The van der Waals surface area contributed by atoms with E-state index in [1.54, 1.807) is 18.2 Å². The van der Waals surface area contributed by atoms with Crippen LogP contribution in [0.2, 0.25) is 5.02 Å². The summed E-state index contributed by atoms with van der Waals surface area (Å²) in [5.74, 6) is 0.0305. The number of benzene rings is 2. The van der Waals surface area contributed by atoms with Crippen molar-refractivity contribution in [2.24, 2.45) is 11.8 Å². The van der Waals surface area contributed by atoms with Gasteiger partial charge in [0.15, 0.2) is 5.82 Å². The SMILES string of the molecule is O[C@@H]1C[C@H]2C[C@@H]1CN(c1nc(OCCn3cccc3C(F)(F)F)nc3c(F)c(-c4cccc5cccc(Cl)c45)ncc13)C2. The summed E-state index contributed by atoms with van der Waals surface area (Å²) in [7, 11) is 0. The molecule has 2 fully saturated rings. The first-order valence-electron chi connectivity index (χ1n) is 14.0. The maximum absolute atomic E-state index is 16.5. The predicted molar refractivity (Wildman–Crippen MR) is 155 cm³/mol. The van der Waals surface area contributed by atoms with Crippen molar-refractivity contribution in [3.8, 4) is 17.3 Å². The zero-order chi connectivity index (χ0) is 29.9. The molecule has 5 aromatic rings. The highest BCUT2D eigenvalue weighted by atomic mass is 35.5. The molecule has 0 radical (unpaired) electrons. The van der Waals surface area contributed by atoms with E-state index in [0.717, 1.165) is 22.4 Å². The van der Waals surface area contributed by atoms with Gasteiger partial charge in [0, 0.05) is 47.4 Å². The second-order valence-corrected chi connectivity index (χ2v) is 11.6. The lowest BCUT2D eigenvalue weighted by Crippen LogP contribution is -2.38. The van der Waals surface area contributed by atoms with E-state index in [1.165, 1.54) is 18.5 Å². The minimum absolute atomic E-state index is 0.0236. The maximum atomic E-state index is 16.5. The number of aliphatic hydroxyl groups is 1. The summed E-state index contributed by atoms with van der Waals surface area (Å²) < 4.78 is 63.3. The standard InChI is InChI=1S/C31H26ClF4N5O2/c32-22-7-2-5-18-4-1-6-20(25(18)22)27-26(33)28-21(14-37-27)29(41-15-17-12-19(16-41)23(42)13-17)39-30(38-28)43-11-10-40-9-3-8-24(40)31(34,35)36/h1-9,14,17,19,23,42H,10-13,15-16H2/t17-,19-,23-/m1/s1. The molecule has 0 unspecified atom stereocenters. The quantitative estimate of drug-likeness (QED) is 0.214. The van der Waals surface area contributed by atoms with Crippen LogP contribution in [0.4, 0.5) is 23.4 Å². The molecule has 1 N–H and O–H groups in total. The molecule has 1 saturated carbocycles. The van der Waals surface area contributed by atoms with Crippen LogP contribution < -0.4 is 9.64 Å². The molecule has 12 heteroatoms. The van der Waals surface area contributed by atoms with E-state index in [0.29, 0.717) is 46.7 Å². The summed E-state index contributed by atoms with van der Waals surface area (Å²) in [5, 5.41) is 12.8. The summed E-state index contributed by atoms with van der Waals surface area (Å²) in [6, 6.07) is 13.0. The number of piperidine rings is 1. The molecule has 43 heavy (non-hydrogen) atoms. The molecule has 3 aromatic heterocycles. The van der Waals surface area contributed by atoms with Gasteiger partial charge >= 0.3 is 12.2 Å². The average Bonchev–Trinajstić information content (AvgIpc) is 3.56. The second-order valence-electron chi connectivity index (χ2n) is 11.2. The van der Waals surface area contributed by atoms with Crippen molar-refractivity contribution in [2.75, 3.05) is 24.6 Å². The summed E-state index contributed by atoms with van der Waals surface area (Å²) in [4.78, 5) is 15.5. The number of alkyl halides is 3. The van der Waals surface area contributed by atoms with Crippen molar-refractivity contribution in [1.29, 1.82) is 0 Å². The van der Waals surface area contributed by atoms with Crippen LogP contribution in [0.15, 0.2) is 60.9 Å². The van der Waals surface area contributed by atoms with Crippen LogP contribution in [0.25, 0.3) is 32.9 Å². The number of anilines is 1. The predicted octanol–water partition coefficient (Wildman–Crippen LogP) is 6.74. The number of aliphatic hydroxyl groups excluding tert-OH is 1. The first-order valence-corrected chi connectivity index (χ1v) is 14.4. The molecule has 0 spiro atoms. The second kappa shape index (κ2) is 10.6. The molecular weight excluding hydrogens is 586 g/mol. The number of halogens is 5. The first-order chi connectivity index (χ1) is 20.7. The molecule has 3 atom stereocenters. The Morgan fingerprint density at radius 2 is 1.84 bits per heavy atom. The number of hydrogen-bond donors (Lipinski definition) is 1. The van der Waals surface area contributed by atoms with Gasteiger partial charge in [0.1, 0.15) is 29.3 Å². The molecule has 2 aromatic carbocycles. The summed E-state index contributed by atoms with van der Waals surface area (Å²) in [6.45, 7) is 0.839. The Bertz CT molecular complexity index is 1840. The number of aromatic nitrogens is 4. The number of ether oxygens (including phenoxy) is 1. The number of rotatable bonds is 6.